The maximum atomic E-state index is 11.2. The summed E-state index contributed by atoms with van der Waals surface area (Å²) in [7, 11) is -1.61. The van der Waals surface area contributed by atoms with Gasteiger partial charge >= 0.3 is 5.97 Å². The van der Waals surface area contributed by atoms with Crippen LogP contribution < -0.4 is 0 Å². The van der Waals surface area contributed by atoms with Gasteiger partial charge in [0.2, 0.25) is 0 Å². The molecule has 0 aromatic rings. The van der Waals surface area contributed by atoms with Crippen molar-refractivity contribution in [2.24, 2.45) is 0 Å². The molecule has 0 radical (unpaired) electrons. The number of hydrogen-bond acceptors (Lipinski definition) is 2. The first-order valence-corrected chi connectivity index (χ1v) is 9.00. The summed E-state index contributed by atoms with van der Waals surface area (Å²) in [4.78, 5) is 11.2. The summed E-state index contributed by atoms with van der Waals surface area (Å²) in [5.41, 5.74) is -0.0186. The van der Waals surface area contributed by atoms with E-state index in [-0.39, 0.29) is 12.1 Å². The zero-order valence-corrected chi connectivity index (χ0v) is 11.6. The molecule has 0 aromatic carbocycles. The Morgan fingerprint density at radius 2 is 2.06 bits per heavy atom. The van der Waals surface area contributed by atoms with Crippen LogP contribution in [0.25, 0.3) is 0 Å². The van der Waals surface area contributed by atoms with Crippen molar-refractivity contribution in [3.8, 4) is 0 Å². The normalized spacial score (nSPS) is 16.0. The molecule has 92 valence electrons. The average molecular weight is 242 g/mol. The second-order valence-corrected chi connectivity index (χ2v) is 10.2. The van der Waals surface area contributed by atoms with Gasteiger partial charge in [0.15, 0.2) is 6.10 Å². The molecular formula is C12H22O3Si. The van der Waals surface area contributed by atoms with E-state index in [2.05, 4.69) is 26.2 Å². The highest BCUT2D eigenvalue weighted by molar-refractivity contribution is 6.78. The molecule has 0 aromatic heterocycles. The van der Waals surface area contributed by atoms with Crippen LogP contribution in [0.4, 0.5) is 0 Å². The van der Waals surface area contributed by atoms with E-state index < -0.39 is 20.1 Å². The third-order valence-electron chi connectivity index (χ3n) is 2.36. The molecule has 0 rings (SSSR count). The van der Waals surface area contributed by atoms with E-state index in [1.165, 1.54) is 0 Å². The maximum Gasteiger partial charge on any atom is 0.333 e. The fraction of sp³-hybridized carbons (Fsp3) is 0.583. The number of hydrogen-bond donors (Lipinski definition) is 1. The summed E-state index contributed by atoms with van der Waals surface area (Å²) in [5, 5.41) is 9.19. The van der Waals surface area contributed by atoms with Crippen LogP contribution in [0.3, 0.4) is 0 Å². The van der Waals surface area contributed by atoms with Gasteiger partial charge in [-0.3, -0.25) is 0 Å². The second kappa shape index (κ2) is 6.65. The topological polar surface area (TPSA) is 46.5 Å². The van der Waals surface area contributed by atoms with Gasteiger partial charge in [-0.15, -0.1) is 6.58 Å². The van der Waals surface area contributed by atoms with E-state index in [4.69, 9.17) is 4.74 Å². The number of carbonyl (C=O) groups is 1. The zero-order chi connectivity index (χ0) is 12.8. The van der Waals surface area contributed by atoms with Crippen molar-refractivity contribution in [2.45, 2.75) is 38.2 Å². The summed E-state index contributed by atoms with van der Waals surface area (Å²) in [5.74, 6) is -0.896. The number of ether oxygens (including phenoxy) is 1. The average Bonchev–Trinajstić information content (AvgIpc) is 2.14. The summed E-state index contributed by atoms with van der Waals surface area (Å²) in [6, 6.07) is 0. The van der Waals surface area contributed by atoms with Crippen LogP contribution >= 0.6 is 0 Å². The van der Waals surface area contributed by atoms with E-state index >= 15 is 0 Å². The Kier molecular flexibility index (Phi) is 6.29. The highest BCUT2D eigenvalue weighted by atomic mass is 28.3. The minimum Gasteiger partial charge on any atom is -0.479 e. The van der Waals surface area contributed by atoms with Crippen molar-refractivity contribution >= 4 is 14.0 Å². The molecule has 0 fully saturated rings. The first-order valence-electron chi connectivity index (χ1n) is 5.42. The van der Waals surface area contributed by atoms with Crippen LogP contribution in [0, 0.1) is 0 Å². The molecule has 0 saturated carbocycles. The molecule has 0 heterocycles. The molecule has 0 bridgehead atoms. The third-order valence-corrected chi connectivity index (χ3v) is 4.86. The molecule has 0 spiro atoms. The van der Waals surface area contributed by atoms with Gasteiger partial charge in [-0.1, -0.05) is 37.9 Å². The Morgan fingerprint density at radius 3 is 2.38 bits per heavy atom. The lowest BCUT2D eigenvalue weighted by Crippen LogP contribution is -2.41. The smallest absolute Gasteiger partial charge is 0.333 e. The van der Waals surface area contributed by atoms with Crippen LogP contribution in [0.5, 0.6) is 0 Å². The SMILES string of the molecule is C=CCO[C@H](C(=O)O)[C@@H](/C=C/C)[Si](C)(C)C. The molecule has 2 atom stereocenters. The molecule has 0 aliphatic rings. The Balaban J connectivity index is 4.94. The van der Waals surface area contributed by atoms with E-state index in [9.17, 15) is 9.90 Å². The Morgan fingerprint density at radius 1 is 1.50 bits per heavy atom. The predicted molar refractivity (Wildman–Crippen MR) is 69.5 cm³/mol. The largest absolute Gasteiger partial charge is 0.479 e. The van der Waals surface area contributed by atoms with E-state index in [1.807, 2.05) is 19.1 Å². The highest BCUT2D eigenvalue weighted by Crippen LogP contribution is 2.29. The van der Waals surface area contributed by atoms with Crippen molar-refractivity contribution in [1.82, 2.24) is 0 Å². The Hall–Kier alpha value is -0.873. The molecular weight excluding hydrogens is 220 g/mol. The van der Waals surface area contributed by atoms with Crippen molar-refractivity contribution in [2.75, 3.05) is 6.61 Å². The molecule has 1 N–H and O–H groups in total. The van der Waals surface area contributed by atoms with Crippen molar-refractivity contribution in [3.05, 3.63) is 24.8 Å². The van der Waals surface area contributed by atoms with Gasteiger partial charge in [0.05, 0.1) is 14.7 Å². The monoisotopic (exact) mass is 242 g/mol. The van der Waals surface area contributed by atoms with E-state index in [0.717, 1.165) is 0 Å². The van der Waals surface area contributed by atoms with Crippen LogP contribution in [0.2, 0.25) is 25.2 Å². The van der Waals surface area contributed by atoms with Gasteiger partial charge in [-0.25, -0.2) is 4.79 Å². The fourth-order valence-electron chi connectivity index (χ4n) is 1.55. The van der Waals surface area contributed by atoms with E-state index in [0.29, 0.717) is 0 Å². The second-order valence-electron chi connectivity index (χ2n) is 4.80. The van der Waals surface area contributed by atoms with E-state index in [1.54, 1.807) is 6.08 Å². The van der Waals surface area contributed by atoms with Crippen molar-refractivity contribution in [3.63, 3.8) is 0 Å². The minimum atomic E-state index is -1.61. The molecule has 3 nitrogen and oxygen atoms in total. The predicted octanol–water partition coefficient (Wildman–Crippen LogP) is 2.93. The molecule has 16 heavy (non-hydrogen) atoms. The molecule has 4 heteroatoms. The summed E-state index contributed by atoms with van der Waals surface area (Å²) in [6.07, 6.45) is 4.66. The zero-order valence-electron chi connectivity index (χ0n) is 10.6. The lowest BCUT2D eigenvalue weighted by Gasteiger charge is -2.31. The molecule has 0 saturated heterocycles. The lowest BCUT2D eigenvalue weighted by molar-refractivity contribution is -0.149. The van der Waals surface area contributed by atoms with Gasteiger partial charge in [0.1, 0.15) is 0 Å². The first-order chi connectivity index (χ1) is 7.34. The van der Waals surface area contributed by atoms with Gasteiger partial charge < -0.3 is 9.84 Å². The summed E-state index contributed by atoms with van der Waals surface area (Å²) < 4.78 is 5.36. The number of carboxylic acids is 1. The van der Waals surface area contributed by atoms with Crippen LogP contribution in [0.1, 0.15) is 6.92 Å². The molecule has 0 aliphatic carbocycles. The minimum absolute atomic E-state index is 0.0186. The van der Waals surface area contributed by atoms with Crippen LogP contribution in [-0.4, -0.2) is 31.9 Å². The van der Waals surface area contributed by atoms with Gasteiger partial charge in [-0.05, 0) is 6.92 Å². The van der Waals surface area contributed by atoms with Crippen LogP contribution in [0.15, 0.2) is 24.8 Å². The summed E-state index contributed by atoms with van der Waals surface area (Å²) in [6.45, 7) is 12.1. The third kappa shape index (κ3) is 4.77. The fourth-order valence-corrected chi connectivity index (χ4v) is 3.47. The number of aliphatic carboxylic acids is 1. The van der Waals surface area contributed by atoms with Gasteiger partial charge in [0.25, 0.3) is 0 Å². The molecule has 0 unspecified atom stereocenters. The number of carboxylic acid groups (broad SMARTS) is 1. The van der Waals surface area contributed by atoms with Crippen LogP contribution in [-0.2, 0) is 9.53 Å². The van der Waals surface area contributed by atoms with Crippen molar-refractivity contribution < 1.29 is 14.6 Å². The first kappa shape index (κ1) is 15.1. The Labute approximate surface area is 98.8 Å². The van der Waals surface area contributed by atoms with Gasteiger partial charge in [-0.2, -0.15) is 0 Å². The standard InChI is InChI=1S/C12H22O3Si/c1-6-8-10(16(3,4)5)11(12(13)14)15-9-7-2/h6-8,10-11H,2,9H2,1,3-5H3,(H,13,14)/b8-6+/t10-,11+/m1/s1. The maximum absolute atomic E-state index is 11.2. The quantitative estimate of drug-likeness (QED) is 0.551. The molecule has 0 amide bonds. The number of rotatable bonds is 7. The van der Waals surface area contributed by atoms with Gasteiger partial charge in [0, 0.05) is 5.54 Å². The lowest BCUT2D eigenvalue weighted by atomic mass is 10.2. The summed E-state index contributed by atoms with van der Waals surface area (Å²) >= 11 is 0. The molecule has 0 aliphatic heterocycles. The Bertz CT molecular complexity index is 266. The van der Waals surface area contributed by atoms with Crippen molar-refractivity contribution in [1.29, 1.82) is 0 Å². The number of allylic oxidation sites excluding steroid dienone is 1. The highest BCUT2D eigenvalue weighted by Gasteiger charge is 2.36.